The Morgan fingerprint density at radius 1 is 1.38 bits per heavy atom. The lowest BCUT2D eigenvalue weighted by Gasteiger charge is -2.20. The first kappa shape index (κ1) is 17.5. The van der Waals surface area contributed by atoms with Crippen molar-refractivity contribution < 1.29 is 9.59 Å². The number of H-pyrrole nitrogens is 1. The molecule has 0 unspecified atom stereocenters. The number of aromatic nitrogens is 4. The first-order valence-corrected chi connectivity index (χ1v) is 8.35. The fourth-order valence-electron chi connectivity index (χ4n) is 2.80. The summed E-state index contributed by atoms with van der Waals surface area (Å²) < 4.78 is 0. The zero-order valence-corrected chi connectivity index (χ0v) is 14.3. The first-order chi connectivity index (χ1) is 12.6. The quantitative estimate of drug-likeness (QED) is 0.650. The van der Waals surface area contributed by atoms with Crippen molar-refractivity contribution in [3.8, 4) is 0 Å². The highest BCUT2D eigenvalue weighted by Gasteiger charge is 2.35. The molecule has 2 aromatic rings. The molecule has 26 heavy (non-hydrogen) atoms. The highest BCUT2D eigenvalue weighted by Crippen LogP contribution is 2.24. The second-order valence-electron chi connectivity index (χ2n) is 5.93. The molecule has 10 nitrogen and oxygen atoms in total. The Labute approximate surface area is 149 Å². The minimum Gasteiger partial charge on any atom is -0.368 e. The van der Waals surface area contributed by atoms with Crippen LogP contribution in [0.3, 0.4) is 0 Å². The average Bonchev–Trinajstić information content (AvgIpc) is 3.32. The molecule has 0 aliphatic carbocycles. The molecule has 4 N–H and O–H groups in total. The lowest BCUT2D eigenvalue weighted by atomic mass is 10.1. The summed E-state index contributed by atoms with van der Waals surface area (Å²) in [6, 6.07) is 8.04. The number of aromatic amines is 1. The van der Waals surface area contributed by atoms with Gasteiger partial charge in [-0.2, -0.15) is 10.3 Å². The monoisotopic (exact) mass is 356 g/mol. The van der Waals surface area contributed by atoms with E-state index in [2.05, 4.69) is 31.0 Å². The van der Waals surface area contributed by atoms with E-state index in [0.717, 1.165) is 6.42 Å². The lowest BCUT2D eigenvalue weighted by molar-refractivity contribution is -0.119. The molecule has 0 radical (unpaired) electrons. The van der Waals surface area contributed by atoms with Gasteiger partial charge in [-0.05, 0) is 18.6 Å². The van der Waals surface area contributed by atoms with Crippen LogP contribution in [0.5, 0.6) is 0 Å². The van der Waals surface area contributed by atoms with Gasteiger partial charge in [0.15, 0.2) is 5.82 Å². The maximum atomic E-state index is 12.7. The SMILES string of the molecule is CCC[C@@H](NC(=O)C1=NN(c2ccccc2)[C@H](C(N)=O)C1)c1nn[nH]n1. The highest BCUT2D eigenvalue weighted by molar-refractivity contribution is 6.40. The second-order valence-corrected chi connectivity index (χ2v) is 5.93. The Bertz CT molecular complexity index is 790. The van der Waals surface area contributed by atoms with Crippen molar-refractivity contribution in [1.29, 1.82) is 0 Å². The summed E-state index contributed by atoms with van der Waals surface area (Å²) in [5.41, 5.74) is 6.43. The summed E-state index contributed by atoms with van der Waals surface area (Å²) >= 11 is 0. The normalized spacial score (nSPS) is 17.7. The van der Waals surface area contributed by atoms with Gasteiger partial charge in [0.25, 0.3) is 5.91 Å². The number of primary amides is 1. The molecular weight excluding hydrogens is 336 g/mol. The van der Waals surface area contributed by atoms with Gasteiger partial charge in [-0.25, -0.2) is 0 Å². The number of rotatable bonds is 7. The predicted octanol–water partition coefficient (Wildman–Crippen LogP) is 0.277. The molecular formula is C16H20N8O2. The molecule has 3 rings (SSSR count). The van der Waals surface area contributed by atoms with Gasteiger partial charge in [0.05, 0.1) is 11.7 Å². The molecule has 0 bridgehead atoms. The van der Waals surface area contributed by atoms with Crippen molar-refractivity contribution in [3.63, 3.8) is 0 Å². The van der Waals surface area contributed by atoms with E-state index in [0.29, 0.717) is 17.9 Å². The van der Waals surface area contributed by atoms with Crippen molar-refractivity contribution in [1.82, 2.24) is 25.9 Å². The van der Waals surface area contributed by atoms with Crippen LogP contribution in [-0.4, -0.2) is 44.2 Å². The second kappa shape index (κ2) is 7.72. The lowest BCUT2D eigenvalue weighted by Crippen LogP contribution is -2.40. The number of amides is 2. The smallest absolute Gasteiger partial charge is 0.268 e. The van der Waals surface area contributed by atoms with Crippen molar-refractivity contribution in [3.05, 3.63) is 36.2 Å². The van der Waals surface area contributed by atoms with Gasteiger partial charge in [0.2, 0.25) is 5.91 Å². The number of nitrogens with zero attached hydrogens (tertiary/aromatic N) is 5. The summed E-state index contributed by atoms with van der Waals surface area (Å²) in [6.07, 6.45) is 1.62. The fraction of sp³-hybridized carbons (Fsp3) is 0.375. The summed E-state index contributed by atoms with van der Waals surface area (Å²) in [5, 5.41) is 22.5. The molecule has 2 atom stereocenters. The number of hydrazone groups is 1. The van der Waals surface area contributed by atoms with Crippen molar-refractivity contribution in [2.45, 2.75) is 38.3 Å². The topological polar surface area (TPSA) is 142 Å². The number of carbonyl (C=O) groups is 2. The number of benzene rings is 1. The minimum absolute atomic E-state index is 0.140. The Morgan fingerprint density at radius 3 is 2.77 bits per heavy atom. The van der Waals surface area contributed by atoms with Crippen LogP contribution in [0.2, 0.25) is 0 Å². The van der Waals surface area contributed by atoms with E-state index in [-0.39, 0.29) is 24.1 Å². The van der Waals surface area contributed by atoms with Gasteiger partial charge in [-0.1, -0.05) is 36.8 Å². The summed E-state index contributed by atoms with van der Waals surface area (Å²) in [5.74, 6) is -0.508. The number of hydrogen-bond donors (Lipinski definition) is 3. The van der Waals surface area contributed by atoms with Gasteiger partial charge < -0.3 is 11.1 Å². The molecule has 2 amide bonds. The van der Waals surface area contributed by atoms with Gasteiger partial charge in [-0.15, -0.1) is 10.2 Å². The van der Waals surface area contributed by atoms with Crippen molar-refractivity contribution >= 4 is 23.2 Å². The van der Waals surface area contributed by atoms with Crippen LogP contribution in [-0.2, 0) is 9.59 Å². The van der Waals surface area contributed by atoms with E-state index in [4.69, 9.17) is 5.73 Å². The van der Waals surface area contributed by atoms with Gasteiger partial charge >= 0.3 is 0 Å². The first-order valence-electron chi connectivity index (χ1n) is 8.35. The largest absolute Gasteiger partial charge is 0.368 e. The van der Waals surface area contributed by atoms with E-state index in [1.165, 1.54) is 5.01 Å². The Hall–Kier alpha value is -3.30. The van der Waals surface area contributed by atoms with Crippen LogP contribution in [0.25, 0.3) is 0 Å². The number of tetrazole rings is 1. The third-order valence-corrected chi connectivity index (χ3v) is 4.08. The van der Waals surface area contributed by atoms with E-state index in [1.807, 2.05) is 25.1 Å². The zero-order valence-electron chi connectivity index (χ0n) is 14.3. The predicted molar refractivity (Wildman–Crippen MR) is 93.9 cm³/mol. The molecule has 2 heterocycles. The summed E-state index contributed by atoms with van der Waals surface area (Å²) in [4.78, 5) is 24.5. The van der Waals surface area contributed by atoms with Crippen molar-refractivity contribution in [2.75, 3.05) is 5.01 Å². The molecule has 0 spiro atoms. The van der Waals surface area contributed by atoms with Crippen LogP contribution < -0.4 is 16.1 Å². The fourth-order valence-corrected chi connectivity index (χ4v) is 2.80. The van der Waals surface area contributed by atoms with E-state index >= 15 is 0 Å². The van der Waals surface area contributed by atoms with Crippen LogP contribution in [0.1, 0.15) is 38.1 Å². The maximum absolute atomic E-state index is 12.7. The molecule has 136 valence electrons. The van der Waals surface area contributed by atoms with E-state index < -0.39 is 11.9 Å². The maximum Gasteiger partial charge on any atom is 0.268 e. The Balaban J connectivity index is 1.79. The van der Waals surface area contributed by atoms with Gasteiger partial charge in [0, 0.05) is 6.42 Å². The third-order valence-electron chi connectivity index (χ3n) is 4.08. The number of nitrogens with one attached hydrogen (secondary N) is 2. The number of hydrogen-bond acceptors (Lipinski definition) is 7. The zero-order chi connectivity index (χ0) is 18.5. The molecule has 0 fully saturated rings. The number of carbonyl (C=O) groups excluding carboxylic acids is 2. The average molecular weight is 356 g/mol. The molecule has 1 aliphatic rings. The Morgan fingerprint density at radius 2 is 2.15 bits per heavy atom. The summed E-state index contributed by atoms with van der Waals surface area (Å²) in [7, 11) is 0. The van der Waals surface area contributed by atoms with Crippen molar-refractivity contribution in [2.24, 2.45) is 10.8 Å². The highest BCUT2D eigenvalue weighted by atomic mass is 16.2. The standard InChI is InChI=1S/C16H20N8O2/c1-2-6-11(15-19-22-23-20-15)18-16(26)12-9-13(14(17)25)24(21-12)10-7-4-3-5-8-10/h3-5,7-8,11,13H,2,6,9H2,1H3,(H2,17,25)(H,18,26)(H,19,20,22,23)/t11-,13+/m1/s1. The third kappa shape index (κ3) is 3.68. The van der Waals surface area contributed by atoms with Crippen LogP contribution in [0, 0.1) is 0 Å². The Kier molecular flexibility index (Phi) is 5.20. The van der Waals surface area contributed by atoms with E-state index in [1.54, 1.807) is 12.1 Å². The minimum atomic E-state index is -0.701. The molecule has 1 aromatic heterocycles. The number of anilines is 1. The van der Waals surface area contributed by atoms with Crippen LogP contribution in [0.4, 0.5) is 5.69 Å². The van der Waals surface area contributed by atoms with Gasteiger partial charge in [-0.3, -0.25) is 14.6 Å². The molecule has 1 aliphatic heterocycles. The number of para-hydroxylation sites is 1. The molecule has 0 saturated heterocycles. The summed E-state index contributed by atoms with van der Waals surface area (Å²) in [6.45, 7) is 1.99. The molecule has 0 saturated carbocycles. The molecule has 10 heteroatoms. The van der Waals surface area contributed by atoms with Gasteiger partial charge in [0.1, 0.15) is 11.8 Å². The van der Waals surface area contributed by atoms with Crippen LogP contribution in [0.15, 0.2) is 35.4 Å². The van der Waals surface area contributed by atoms with E-state index in [9.17, 15) is 9.59 Å². The van der Waals surface area contributed by atoms with Crippen LogP contribution >= 0.6 is 0 Å². The molecule has 1 aromatic carbocycles. The number of nitrogens with two attached hydrogens (primary N) is 1.